The Morgan fingerprint density at radius 3 is 3.14 bits per heavy atom. The van der Waals surface area contributed by atoms with Crippen molar-refractivity contribution < 1.29 is 9.18 Å². The van der Waals surface area contributed by atoms with Gasteiger partial charge < -0.3 is 9.88 Å². The average Bonchev–Trinajstić information content (AvgIpc) is 2.94. The maximum atomic E-state index is 13.5. The first-order valence-corrected chi connectivity index (χ1v) is 7.25. The van der Waals surface area contributed by atoms with E-state index in [1.165, 1.54) is 6.07 Å². The molecule has 1 unspecified atom stereocenters. The van der Waals surface area contributed by atoms with E-state index < -0.39 is 0 Å². The predicted molar refractivity (Wildman–Crippen MR) is 77.2 cm³/mol. The van der Waals surface area contributed by atoms with Crippen molar-refractivity contribution >= 4 is 5.91 Å². The maximum Gasteiger partial charge on any atom is 0.220 e. The van der Waals surface area contributed by atoms with E-state index in [9.17, 15) is 9.18 Å². The van der Waals surface area contributed by atoms with Crippen molar-refractivity contribution in [2.45, 2.75) is 38.3 Å². The molecule has 0 saturated carbocycles. The number of nitrogens with one attached hydrogen (secondary N) is 1. The van der Waals surface area contributed by atoms with Crippen molar-refractivity contribution in [2.75, 3.05) is 0 Å². The van der Waals surface area contributed by atoms with Crippen LogP contribution in [0.2, 0.25) is 0 Å². The molecule has 0 aliphatic carbocycles. The van der Waals surface area contributed by atoms with Gasteiger partial charge in [-0.05, 0) is 24.5 Å². The van der Waals surface area contributed by atoms with E-state index in [2.05, 4.69) is 14.9 Å². The van der Waals surface area contributed by atoms with Gasteiger partial charge in [0.15, 0.2) is 0 Å². The molecule has 5 heteroatoms. The Hall–Kier alpha value is -2.17. The highest BCUT2D eigenvalue weighted by atomic mass is 19.1. The van der Waals surface area contributed by atoms with Crippen LogP contribution >= 0.6 is 0 Å². The summed E-state index contributed by atoms with van der Waals surface area (Å²) in [5.74, 6) is 0.810. The number of hydrogen-bond acceptors (Lipinski definition) is 2. The Morgan fingerprint density at radius 1 is 1.43 bits per heavy atom. The van der Waals surface area contributed by atoms with E-state index >= 15 is 0 Å². The molecule has 0 fully saturated rings. The quantitative estimate of drug-likeness (QED) is 0.936. The number of benzene rings is 1. The lowest BCUT2D eigenvalue weighted by Gasteiger charge is -2.24. The first kappa shape index (κ1) is 13.8. The number of amides is 1. The van der Waals surface area contributed by atoms with E-state index in [0.29, 0.717) is 18.4 Å². The predicted octanol–water partition coefficient (Wildman–Crippen LogP) is 2.09. The third kappa shape index (κ3) is 3.29. The van der Waals surface area contributed by atoms with Crippen molar-refractivity contribution in [3.8, 4) is 0 Å². The largest absolute Gasteiger partial charge is 0.352 e. The highest BCUT2D eigenvalue weighted by molar-refractivity contribution is 5.76. The number of nitrogens with zero attached hydrogens (tertiary/aromatic N) is 2. The van der Waals surface area contributed by atoms with Gasteiger partial charge in [0, 0.05) is 37.8 Å². The van der Waals surface area contributed by atoms with Gasteiger partial charge in [-0.1, -0.05) is 18.2 Å². The van der Waals surface area contributed by atoms with Crippen LogP contribution in [0.1, 0.15) is 24.2 Å². The van der Waals surface area contributed by atoms with Crippen molar-refractivity contribution in [3.63, 3.8) is 0 Å². The zero-order chi connectivity index (χ0) is 14.7. The molecule has 0 bridgehead atoms. The minimum absolute atomic E-state index is 0.0215. The molecule has 110 valence electrons. The van der Waals surface area contributed by atoms with Gasteiger partial charge in [0.25, 0.3) is 0 Å². The standard InChI is InChI=1S/C16H18FN3O/c17-14-4-2-1-3-12(14)5-8-16(21)19-13-6-7-15-18-9-10-20(15)11-13/h1-4,9-10,13H,5-8,11H2,(H,19,21). The second-order valence-corrected chi connectivity index (χ2v) is 5.39. The molecule has 0 saturated heterocycles. The third-order valence-corrected chi connectivity index (χ3v) is 3.88. The van der Waals surface area contributed by atoms with Crippen LogP contribution in [0.5, 0.6) is 0 Å². The monoisotopic (exact) mass is 287 g/mol. The lowest BCUT2D eigenvalue weighted by Crippen LogP contribution is -2.41. The molecule has 2 aromatic rings. The normalized spacial score (nSPS) is 17.3. The molecular weight excluding hydrogens is 269 g/mol. The molecule has 4 nitrogen and oxygen atoms in total. The van der Waals surface area contributed by atoms with Gasteiger partial charge in [0.2, 0.25) is 5.91 Å². The maximum absolute atomic E-state index is 13.5. The third-order valence-electron chi connectivity index (χ3n) is 3.88. The number of fused-ring (bicyclic) bond motifs is 1. The molecule has 1 aromatic heterocycles. The molecule has 21 heavy (non-hydrogen) atoms. The van der Waals surface area contributed by atoms with E-state index in [1.54, 1.807) is 24.4 Å². The summed E-state index contributed by atoms with van der Waals surface area (Å²) in [6.07, 6.45) is 6.26. The Balaban J connectivity index is 1.50. The lowest BCUT2D eigenvalue weighted by molar-refractivity contribution is -0.122. The van der Waals surface area contributed by atoms with Crippen LogP contribution in [0.15, 0.2) is 36.7 Å². The summed E-state index contributed by atoms with van der Waals surface area (Å²) in [6.45, 7) is 0.765. The van der Waals surface area contributed by atoms with Crippen molar-refractivity contribution in [2.24, 2.45) is 0 Å². The number of halogens is 1. The summed E-state index contributed by atoms with van der Waals surface area (Å²) < 4.78 is 15.6. The Labute approximate surface area is 123 Å². The molecular formula is C16H18FN3O. The number of imidazole rings is 1. The van der Waals surface area contributed by atoms with Gasteiger partial charge in [0.1, 0.15) is 11.6 Å². The van der Waals surface area contributed by atoms with Crippen molar-refractivity contribution in [3.05, 3.63) is 53.9 Å². The Bertz CT molecular complexity index is 638. The number of hydrogen-bond donors (Lipinski definition) is 1. The van der Waals surface area contributed by atoms with E-state index in [0.717, 1.165) is 25.2 Å². The summed E-state index contributed by atoms with van der Waals surface area (Å²) >= 11 is 0. The van der Waals surface area contributed by atoms with Crippen molar-refractivity contribution in [1.29, 1.82) is 0 Å². The zero-order valence-corrected chi connectivity index (χ0v) is 11.8. The van der Waals surface area contributed by atoms with Gasteiger partial charge in [-0.2, -0.15) is 0 Å². The highest BCUT2D eigenvalue weighted by Gasteiger charge is 2.20. The van der Waals surface area contributed by atoms with Crippen LogP contribution < -0.4 is 5.32 Å². The molecule has 1 atom stereocenters. The Kier molecular flexibility index (Phi) is 3.99. The van der Waals surface area contributed by atoms with Gasteiger partial charge in [-0.3, -0.25) is 4.79 Å². The molecule has 3 rings (SSSR count). The van der Waals surface area contributed by atoms with Crippen LogP contribution in [0.25, 0.3) is 0 Å². The molecule has 1 N–H and O–H groups in total. The lowest BCUT2D eigenvalue weighted by atomic mass is 10.1. The molecule has 1 aromatic carbocycles. The fourth-order valence-corrected chi connectivity index (χ4v) is 2.73. The van der Waals surface area contributed by atoms with Crippen LogP contribution in [-0.2, 0) is 24.2 Å². The van der Waals surface area contributed by atoms with Gasteiger partial charge in [-0.15, -0.1) is 0 Å². The van der Waals surface area contributed by atoms with Crippen LogP contribution in [0.3, 0.4) is 0 Å². The van der Waals surface area contributed by atoms with Gasteiger partial charge in [-0.25, -0.2) is 9.37 Å². The first-order chi connectivity index (χ1) is 10.2. The van der Waals surface area contributed by atoms with Crippen LogP contribution in [-0.4, -0.2) is 21.5 Å². The number of rotatable bonds is 4. The second-order valence-electron chi connectivity index (χ2n) is 5.39. The minimum atomic E-state index is -0.244. The minimum Gasteiger partial charge on any atom is -0.352 e. The molecule has 1 aliphatic rings. The topological polar surface area (TPSA) is 46.9 Å². The van der Waals surface area contributed by atoms with Crippen molar-refractivity contribution in [1.82, 2.24) is 14.9 Å². The fourth-order valence-electron chi connectivity index (χ4n) is 2.73. The second kappa shape index (κ2) is 6.08. The number of carbonyl (C=O) groups excluding carboxylic acids is 1. The SMILES string of the molecule is O=C(CCc1ccccc1F)NC1CCc2nccn2C1. The molecule has 2 heterocycles. The van der Waals surface area contributed by atoms with E-state index in [-0.39, 0.29) is 17.8 Å². The van der Waals surface area contributed by atoms with Crippen LogP contribution in [0, 0.1) is 5.82 Å². The fraction of sp³-hybridized carbons (Fsp3) is 0.375. The molecule has 0 radical (unpaired) electrons. The number of aryl methyl sites for hydroxylation is 2. The van der Waals surface area contributed by atoms with E-state index in [4.69, 9.17) is 0 Å². The highest BCUT2D eigenvalue weighted by Crippen LogP contribution is 2.14. The average molecular weight is 287 g/mol. The van der Waals surface area contributed by atoms with Gasteiger partial charge >= 0.3 is 0 Å². The number of carbonyl (C=O) groups is 1. The van der Waals surface area contributed by atoms with E-state index in [1.807, 2.05) is 6.20 Å². The van der Waals surface area contributed by atoms with Gasteiger partial charge in [0.05, 0.1) is 0 Å². The summed E-state index contributed by atoms with van der Waals surface area (Å²) in [4.78, 5) is 16.3. The number of aromatic nitrogens is 2. The first-order valence-electron chi connectivity index (χ1n) is 7.25. The summed E-state index contributed by atoms with van der Waals surface area (Å²) in [7, 11) is 0. The molecule has 1 amide bonds. The zero-order valence-electron chi connectivity index (χ0n) is 11.8. The summed E-state index contributed by atoms with van der Waals surface area (Å²) in [5.41, 5.74) is 0.591. The Morgan fingerprint density at radius 2 is 2.29 bits per heavy atom. The summed E-state index contributed by atoms with van der Waals surface area (Å²) in [6, 6.07) is 6.73. The summed E-state index contributed by atoms with van der Waals surface area (Å²) in [5, 5.41) is 3.03. The van der Waals surface area contributed by atoms with Crippen LogP contribution in [0.4, 0.5) is 4.39 Å². The molecule has 0 spiro atoms. The smallest absolute Gasteiger partial charge is 0.220 e. The molecule has 1 aliphatic heterocycles.